The van der Waals surface area contributed by atoms with Gasteiger partial charge in [0.2, 0.25) is 5.78 Å². The maximum absolute atomic E-state index is 12.2. The first-order valence-electron chi connectivity index (χ1n) is 5.84. The van der Waals surface area contributed by atoms with E-state index < -0.39 is 15.6 Å². The first-order valence-corrected chi connectivity index (χ1v) is 7.49. The van der Waals surface area contributed by atoms with Crippen LogP contribution in [0.2, 0.25) is 0 Å². The molecule has 0 amide bonds. The van der Waals surface area contributed by atoms with Crippen LogP contribution in [0.25, 0.3) is 0 Å². The number of rotatable bonds is 4. The topological polar surface area (TPSA) is 72.5 Å². The molecule has 19 heavy (non-hydrogen) atoms. The molecule has 1 aromatic carbocycles. The van der Waals surface area contributed by atoms with Crippen LogP contribution in [0.4, 0.5) is 0 Å². The zero-order valence-electron chi connectivity index (χ0n) is 10.5. The van der Waals surface area contributed by atoms with Gasteiger partial charge in [-0.05, 0) is 5.56 Å². The van der Waals surface area contributed by atoms with Gasteiger partial charge in [0.05, 0.1) is 12.4 Å². The van der Waals surface area contributed by atoms with Crippen molar-refractivity contribution < 1.29 is 17.9 Å². The fourth-order valence-corrected chi connectivity index (χ4v) is 3.38. The number of allylic oxidation sites excluding steroid dienone is 1. The quantitative estimate of drug-likeness (QED) is 0.655. The largest absolute Gasteiger partial charge is 0.387 e. The number of sulfone groups is 1. The van der Waals surface area contributed by atoms with Crippen LogP contribution >= 0.6 is 0 Å². The molecule has 0 saturated heterocycles. The fraction of sp³-hybridized carbons (Fsp3) is 0.308. The second-order valence-corrected chi connectivity index (χ2v) is 6.16. The Hall–Kier alpha value is -1.66. The summed E-state index contributed by atoms with van der Waals surface area (Å²) in [6.45, 7) is 0.888. The number of carbonyl (C=O) groups is 1. The Morgan fingerprint density at radius 1 is 1.37 bits per heavy atom. The first-order chi connectivity index (χ1) is 9.06. The molecular formula is C13H15NO4S. The molecule has 1 aliphatic heterocycles. The van der Waals surface area contributed by atoms with Crippen LogP contribution in [0.15, 0.2) is 35.4 Å². The molecule has 0 atom stereocenters. The van der Waals surface area contributed by atoms with Crippen molar-refractivity contribution >= 4 is 15.6 Å². The van der Waals surface area contributed by atoms with Crippen LogP contribution in [0.3, 0.4) is 0 Å². The van der Waals surface area contributed by atoms with Crippen LogP contribution in [0.5, 0.6) is 0 Å². The average molecular weight is 281 g/mol. The summed E-state index contributed by atoms with van der Waals surface area (Å²) in [6, 6.07) is 6.77. The third-order valence-corrected chi connectivity index (χ3v) is 4.51. The molecule has 1 heterocycles. The van der Waals surface area contributed by atoms with Gasteiger partial charge in [0, 0.05) is 25.4 Å². The van der Waals surface area contributed by atoms with E-state index in [1.54, 1.807) is 31.4 Å². The van der Waals surface area contributed by atoms with Gasteiger partial charge in [-0.25, -0.2) is 8.42 Å². The third-order valence-electron chi connectivity index (χ3n) is 2.85. The molecular weight excluding hydrogens is 266 g/mol. The van der Waals surface area contributed by atoms with E-state index in [2.05, 4.69) is 5.32 Å². The average Bonchev–Trinajstić information content (AvgIpc) is 2.37. The molecule has 2 rings (SSSR count). The lowest BCUT2D eigenvalue weighted by molar-refractivity contribution is 0.103. The zero-order valence-corrected chi connectivity index (χ0v) is 11.4. The van der Waals surface area contributed by atoms with Gasteiger partial charge in [-0.15, -0.1) is 0 Å². The predicted molar refractivity (Wildman–Crippen MR) is 71.4 cm³/mol. The fourth-order valence-electron chi connectivity index (χ4n) is 1.91. The maximum atomic E-state index is 12.2. The molecule has 6 heteroatoms. The van der Waals surface area contributed by atoms with Crippen LogP contribution < -0.4 is 5.32 Å². The summed E-state index contributed by atoms with van der Waals surface area (Å²) in [7, 11) is -2.02. The highest BCUT2D eigenvalue weighted by Crippen LogP contribution is 2.27. The standard InChI is InChI=1S/C13H15NO4S/c1-18-7-6-14-8-12-13(15)11-5-3-2-4-10(11)9-19(12,16)17/h2-5,8,14H,6-7,9H2,1H3. The second kappa shape index (κ2) is 5.54. The molecule has 0 unspecified atom stereocenters. The van der Waals surface area contributed by atoms with Gasteiger partial charge in [0.15, 0.2) is 9.84 Å². The van der Waals surface area contributed by atoms with Gasteiger partial charge in [-0.2, -0.15) is 0 Å². The minimum Gasteiger partial charge on any atom is -0.387 e. The molecule has 0 bridgehead atoms. The number of ketones is 1. The summed E-state index contributed by atoms with van der Waals surface area (Å²) in [5.41, 5.74) is 1.01. The number of hydrogen-bond donors (Lipinski definition) is 1. The van der Waals surface area contributed by atoms with Crippen molar-refractivity contribution in [3.05, 3.63) is 46.5 Å². The van der Waals surface area contributed by atoms with Crippen molar-refractivity contribution in [2.45, 2.75) is 5.75 Å². The number of nitrogens with one attached hydrogen (secondary N) is 1. The summed E-state index contributed by atoms with van der Waals surface area (Å²) < 4.78 is 29.0. The minimum absolute atomic E-state index is 0.132. The molecule has 1 aliphatic rings. The van der Waals surface area contributed by atoms with Crippen LogP contribution in [-0.2, 0) is 20.3 Å². The van der Waals surface area contributed by atoms with Gasteiger partial charge in [-0.1, -0.05) is 24.3 Å². The second-order valence-electron chi connectivity index (χ2n) is 4.20. The van der Waals surface area contributed by atoms with Crippen molar-refractivity contribution in [3.8, 4) is 0 Å². The minimum atomic E-state index is -3.57. The predicted octanol–water partition coefficient (Wildman–Crippen LogP) is 0.875. The number of ether oxygens (including phenoxy) is 1. The van der Waals surface area contributed by atoms with E-state index in [0.29, 0.717) is 24.3 Å². The number of Topliss-reactive ketones (excluding diaryl/α,β-unsaturated/α-hetero) is 1. The molecule has 0 aromatic heterocycles. The SMILES string of the molecule is COCCNC=C1C(=O)c2ccccc2CS1(=O)=O. The number of methoxy groups -OCH3 is 1. The Labute approximate surface area is 112 Å². The van der Waals surface area contributed by atoms with Gasteiger partial charge >= 0.3 is 0 Å². The van der Waals surface area contributed by atoms with Gasteiger partial charge in [0.25, 0.3) is 0 Å². The number of fused-ring (bicyclic) bond motifs is 1. The third kappa shape index (κ3) is 2.85. The summed E-state index contributed by atoms with van der Waals surface area (Å²) >= 11 is 0. The van der Waals surface area contributed by atoms with Gasteiger partial charge in [-0.3, -0.25) is 4.79 Å². The molecule has 1 aromatic rings. The van der Waals surface area contributed by atoms with E-state index in [9.17, 15) is 13.2 Å². The van der Waals surface area contributed by atoms with Crippen molar-refractivity contribution in [1.29, 1.82) is 0 Å². The highest BCUT2D eigenvalue weighted by molar-refractivity contribution is 7.95. The van der Waals surface area contributed by atoms with Crippen LogP contribution in [0, 0.1) is 0 Å². The first kappa shape index (κ1) is 13.8. The molecule has 0 radical (unpaired) electrons. The molecule has 102 valence electrons. The van der Waals surface area contributed by atoms with E-state index in [4.69, 9.17) is 4.74 Å². The van der Waals surface area contributed by atoms with Crippen molar-refractivity contribution in [3.63, 3.8) is 0 Å². The van der Waals surface area contributed by atoms with Crippen molar-refractivity contribution in [2.75, 3.05) is 20.3 Å². The van der Waals surface area contributed by atoms with E-state index >= 15 is 0 Å². The lowest BCUT2D eigenvalue weighted by atomic mass is 10.0. The number of benzene rings is 1. The molecule has 0 spiro atoms. The van der Waals surface area contributed by atoms with Crippen LogP contribution in [0.1, 0.15) is 15.9 Å². The Bertz CT molecular complexity index is 619. The normalized spacial score (nSPS) is 19.2. The summed E-state index contributed by atoms with van der Waals surface area (Å²) in [5.74, 6) is -0.584. The monoisotopic (exact) mass is 281 g/mol. The summed E-state index contributed by atoms with van der Waals surface area (Å²) in [5, 5.41) is 2.79. The zero-order chi connectivity index (χ0) is 13.9. The van der Waals surface area contributed by atoms with E-state index in [0.717, 1.165) is 0 Å². The van der Waals surface area contributed by atoms with Crippen molar-refractivity contribution in [2.24, 2.45) is 0 Å². The molecule has 0 aliphatic carbocycles. The Balaban J connectivity index is 2.32. The molecule has 0 fully saturated rings. The lowest BCUT2D eigenvalue weighted by Crippen LogP contribution is -2.26. The summed E-state index contributed by atoms with van der Waals surface area (Å²) in [6.07, 6.45) is 1.27. The van der Waals surface area contributed by atoms with E-state index in [-0.39, 0.29) is 10.7 Å². The highest BCUT2D eigenvalue weighted by Gasteiger charge is 2.33. The lowest BCUT2D eigenvalue weighted by Gasteiger charge is -2.17. The maximum Gasteiger partial charge on any atom is 0.206 e. The molecule has 0 saturated carbocycles. The van der Waals surface area contributed by atoms with Gasteiger partial charge < -0.3 is 10.1 Å². The number of carbonyl (C=O) groups excluding carboxylic acids is 1. The van der Waals surface area contributed by atoms with E-state index in [1.807, 2.05) is 0 Å². The Morgan fingerprint density at radius 2 is 2.11 bits per heavy atom. The number of hydrogen-bond acceptors (Lipinski definition) is 5. The molecule has 1 N–H and O–H groups in total. The Morgan fingerprint density at radius 3 is 2.84 bits per heavy atom. The van der Waals surface area contributed by atoms with Crippen molar-refractivity contribution in [1.82, 2.24) is 5.32 Å². The van der Waals surface area contributed by atoms with Gasteiger partial charge in [0.1, 0.15) is 4.91 Å². The smallest absolute Gasteiger partial charge is 0.206 e. The highest BCUT2D eigenvalue weighted by atomic mass is 32.2. The van der Waals surface area contributed by atoms with Crippen LogP contribution in [-0.4, -0.2) is 34.5 Å². The Kier molecular flexibility index (Phi) is 4.01. The molecule has 5 nitrogen and oxygen atoms in total. The summed E-state index contributed by atoms with van der Waals surface area (Å²) in [4.78, 5) is 12.0. The van der Waals surface area contributed by atoms with E-state index in [1.165, 1.54) is 6.20 Å².